The molecule has 0 aliphatic rings. The highest BCUT2D eigenvalue weighted by atomic mass is 32.2. The van der Waals surface area contributed by atoms with E-state index < -0.39 is 0 Å². The van der Waals surface area contributed by atoms with Crippen LogP contribution in [-0.2, 0) is 0 Å². The van der Waals surface area contributed by atoms with E-state index in [4.69, 9.17) is 0 Å². The number of urea groups is 1. The fourth-order valence-corrected chi connectivity index (χ4v) is 3.30. The van der Waals surface area contributed by atoms with Crippen molar-refractivity contribution in [2.24, 2.45) is 0 Å². The number of anilines is 2. The minimum absolute atomic E-state index is 0.259. The Kier molecular flexibility index (Phi) is 5.17. The molecule has 0 spiro atoms. The number of amides is 2. The van der Waals surface area contributed by atoms with Crippen molar-refractivity contribution in [3.05, 3.63) is 58.9 Å². The van der Waals surface area contributed by atoms with Crippen LogP contribution >= 0.6 is 23.1 Å². The summed E-state index contributed by atoms with van der Waals surface area (Å²) in [6, 6.07) is 15.1. The zero-order valence-corrected chi connectivity index (χ0v) is 15.0. The number of rotatable bonds is 4. The highest BCUT2D eigenvalue weighted by Crippen LogP contribution is 2.23. The first-order valence-corrected chi connectivity index (χ1v) is 9.49. The van der Waals surface area contributed by atoms with Gasteiger partial charge in [-0.2, -0.15) is 0 Å². The molecule has 24 heavy (non-hydrogen) atoms. The summed E-state index contributed by atoms with van der Waals surface area (Å²) in [7, 11) is 0. The topological polar surface area (TPSA) is 54.0 Å². The molecule has 2 N–H and O–H groups in total. The average Bonchev–Trinajstić information content (AvgIpc) is 3.02. The maximum atomic E-state index is 12.1. The average molecular weight is 355 g/mol. The van der Waals surface area contributed by atoms with Crippen LogP contribution in [0.15, 0.2) is 58.8 Å². The van der Waals surface area contributed by atoms with E-state index in [1.165, 1.54) is 0 Å². The molecule has 0 saturated carbocycles. The Hall–Kier alpha value is -2.31. The van der Waals surface area contributed by atoms with E-state index in [-0.39, 0.29) is 6.03 Å². The second-order valence-electron chi connectivity index (χ2n) is 5.14. The van der Waals surface area contributed by atoms with Crippen molar-refractivity contribution in [3.63, 3.8) is 0 Å². The smallest absolute Gasteiger partial charge is 0.308 e. The molecule has 0 aliphatic heterocycles. The van der Waals surface area contributed by atoms with Gasteiger partial charge in [0.1, 0.15) is 0 Å². The van der Waals surface area contributed by atoms with Gasteiger partial charge in [0, 0.05) is 27.2 Å². The molecule has 122 valence electrons. The molecule has 0 atom stereocenters. The minimum Gasteiger partial charge on any atom is -0.308 e. The third kappa shape index (κ3) is 4.15. The summed E-state index contributed by atoms with van der Waals surface area (Å²) < 4.78 is 0. The van der Waals surface area contributed by atoms with E-state index in [1.807, 2.05) is 67.1 Å². The van der Waals surface area contributed by atoms with Crippen LogP contribution in [-0.4, -0.2) is 17.3 Å². The number of benzene rings is 2. The summed E-state index contributed by atoms with van der Waals surface area (Å²) in [6.45, 7) is 1.99. The van der Waals surface area contributed by atoms with E-state index >= 15 is 0 Å². The van der Waals surface area contributed by atoms with Gasteiger partial charge in [-0.15, -0.1) is 23.1 Å². The number of aryl methyl sites for hydroxylation is 1. The predicted molar refractivity (Wildman–Crippen MR) is 103 cm³/mol. The molecular formula is C18H17N3OS2. The number of hydrogen-bond donors (Lipinski definition) is 2. The van der Waals surface area contributed by atoms with Crippen LogP contribution in [0.2, 0.25) is 0 Å². The maximum absolute atomic E-state index is 12.1. The summed E-state index contributed by atoms with van der Waals surface area (Å²) in [4.78, 5) is 17.7. The number of nitrogens with one attached hydrogen (secondary N) is 2. The van der Waals surface area contributed by atoms with Crippen LogP contribution in [0.5, 0.6) is 0 Å². The Morgan fingerprint density at radius 1 is 1.08 bits per heavy atom. The van der Waals surface area contributed by atoms with E-state index in [0.717, 1.165) is 32.5 Å². The van der Waals surface area contributed by atoms with Gasteiger partial charge in [0.25, 0.3) is 0 Å². The maximum Gasteiger partial charge on any atom is 0.323 e. The SMILES string of the molecule is CSc1cccc(NC(=O)Nc2ccc(-c3csc(C)n3)cc2)c1. The van der Waals surface area contributed by atoms with Crippen LogP contribution in [0.1, 0.15) is 5.01 Å². The first-order chi connectivity index (χ1) is 11.6. The van der Waals surface area contributed by atoms with Gasteiger partial charge < -0.3 is 10.6 Å². The normalized spacial score (nSPS) is 10.4. The van der Waals surface area contributed by atoms with Crippen LogP contribution in [0.3, 0.4) is 0 Å². The van der Waals surface area contributed by atoms with Crippen molar-refractivity contribution in [3.8, 4) is 11.3 Å². The van der Waals surface area contributed by atoms with E-state index in [2.05, 4.69) is 15.6 Å². The minimum atomic E-state index is -0.259. The summed E-state index contributed by atoms with van der Waals surface area (Å²) in [5.74, 6) is 0. The van der Waals surface area contributed by atoms with Crippen molar-refractivity contribution in [1.29, 1.82) is 0 Å². The lowest BCUT2D eigenvalue weighted by Crippen LogP contribution is -2.19. The molecule has 2 aromatic carbocycles. The van der Waals surface area contributed by atoms with Crippen LogP contribution in [0.25, 0.3) is 11.3 Å². The number of nitrogens with zero attached hydrogens (tertiary/aromatic N) is 1. The zero-order chi connectivity index (χ0) is 16.9. The lowest BCUT2D eigenvalue weighted by atomic mass is 10.1. The lowest BCUT2D eigenvalue weighted by Gasteiger charge is -2.09. The van der Waals surface area contributed by atoms with Gasteiger partial charge in [0.2, 0.25) is 0 Å². The molecule has 0 aliphatic carbocycles. The Morgan fingerprint density at radius 2 is 1.83 bits per heavy atom. The van der Waals surface area contributed by atoms with Gasteiger partial charge in [0.15, 0.2) is 0 Å². The molecule has 6 heteroatoms. The fourth-order valence-electron chi connectivity index (χ4n) is 2.21. The molecule has 0 fully saturated rings. The molecule has 1 aromatic heterocycles. The molecule has 2 amide bonds. The Morgan fingerprint density at radius 3 is 2.50 bits per heavy atom. The summed E-state index contributed by atoms with van der Waals surface area (Å²) in [6.07, 6.45) is 2.00. The van der Waals surface area contributed by atoms with Crippen LogP contribution in [0.4, 0.5) is 16.2 Å². The third-order valence-electron chi connectivity index (χ3n) is 3.39. The number of aromatic nitrogens is 1. The van der Waals surface area contributed by atoms with Gasteiger partial charge in [-0.05, 0) is 43.5 Å². The fraction of sp³-hybridized carbons (Fsp3) is 0.111. The second kappa shape index (κ2) is 7.51. The Bertz CT molecular complexity index is 843. The number of hydrogen-bond acceptors (Lipinski definition) is 4. The van der Waals surface area contributed by atoms with Crippen molar-refractivity contribution in [2.75, 3.05) is 16.9 Å². The van der Waals surface area contributed by atoms with E-state index in [9.17, 15) is 4.79 Å². The molecule has 3 rings (SSSR count). The lowest BCUT2D eigenvalue weighted by molar-refractivity contribution is 0.262. The van der Waals surface area contributed by atoms with E-state index in [1.54, 1.807) is 23.1 Å². The number of carbonyl (C=O) groups excluding carboxylic acids is 1. The first-order valence-electron chi connectivity index (χ1n) is 7.38. The van der Waals surface area contributed by atoms with Crippen molar-refractivity contribution < 1.29 is 4.79 Å². The molecular weight excluding hydrogens is 338 g/mol. The Labute approximate surface area is 149 Å². The quantitative estimate of drug-likeness (QED) is 0.609. The van der Waals surface area contributed by atoms with Crippen molar-refractivity contribution in [2.45, 2.75) is 11.8 Å². The van der Waals surface area contributed by atoms with Crippen molar-refractivity contribution >= 4 is 40.5 Å². The molecule has 0 unspecified atom stereocenters. The molecule has 0 bridgehead atoms. The zero-order valence-electron chi connectivity index (χ0n) is 13.4. The predicted octanol–water partition coefficient (Wildman–Crippen LogP) is 5.48. The molecule has 1 heterocycles. The molecule has 0 radical (unpaired) electrons. The van der Waals surface area contributed by atoms with Crippen LogP contribution in [0, 0.1) is 6.92 Å². The van der Waals surface area contributed by atoms with Gasteiger partial charge in [-0.1, -0.05) is 18.2 Å². The van der Waals surface area contributed by atoms with Crippen LogP contribution < -0.4 is 10.6 Å². The third-order valence-corrected chi connectivity index (χ3v) is 4.88. The standard InChI is InChI=1S/C18H17N3OS2/c1-12-19-17(11-24-12)13-6-8-14(9-7-13)20-18(22)21-15-4-3-5-16(10-15)23-2/h3-11H,1-2H3,(H2,20,21,22). The number of thioether (sulfide) groups is 1. The van der Waals surface area contributed by atoms with Gasteiger partial charge >= 0.3 is 6.03 Å². The Balaban J connectivity index is 1.64. The summed E-state index contributed by atoms with van der Waals surface area (Å²) in [5.41, 5.74) is 3.51. The largest absolute Gasteiger partial charge is 0.323 e. The number of carbonyl (C=O) groups is 1. The first kappa shape index (κ1) is 16.5. The highest BCUT2D eigenvalue weighted by molar-refractivity contribution is 7.98. The van der Waals surface area contributed by atoms with Gasteiger partial charge in [-0.25, -0.2) is 9.78 Å². The number of thiazole rings is 1. The van der Waals surface area contributed by atoms with Gasteiger partial charge in [-0.3, -0.25) is 0 Å². The molecule has 4 nitrogen and oxygen atoms in total. The molecule has 0 saturated heterocycles. The summed E-state index contributed by atoms with van der Waals surface area (Å²) in [5, 5.41) is 8.75. The van der Waals surface area contributed by atoms with E-state index in [0.29, 0.717) is 0 Å². The second-order valence-corrected chi connectivity index (χ2v) is 7.08. The molecule has 3 aromatic rings. The highest BCUT2D eigenvalue weighted by Gasteiger charge is 2.05. The monoisotopic (exact) mass is 355 g/mol. The van der Waals surface area contributed by atoms with Gasteiger partial charge in [0.05, 0.1) is 10.7 Å². The summed E-state index contributed by atoms with van der Waals surface area (Å²) >= 11 is 3.26. The van der Waals surface area contributed by atoms with Crippen molar-refractivity contribution in [1.82, 2.24) is 4.98 Å².